The summed E-state index contributed by atoms with van der Waals surface area (Å²) in [6.45, 7) is 5.79. The molecular weight excluding hydrogens is 230 g/mol. The third-order valence-electron chi connectivity index (χ3n) is 2.57. The summed E-state index contributed by atoms with van der Waals surface area (Å²) in [4.78, 5) is 22.9. The van der Waals surface area contributed by atoms with Gasteiger partial charge in [0.2, 0.25) is 0 Å². The van der Waals surface area contributed by atoms with E-state index in [1.165, 1.54) is 0 Å². The van der Waals surface area contributed by atoms with Gasteiger partial charge in [-0.3, -0.25) is 9.59 Å². The summed E-state index contributed by atoms with van der Waals surface area (Å²) in [5.41, 5.74) is 1.60. The Labute approximate surface area is 106 Å². The van der Waals surface area contributed by atoms with E-state index in [1.54, 1.807) is 18.2 Å². The van der Waals surface area contributed by atoms with Gasteiger partial charge in [-0.05, 0) is 6.92 Å². The smallest absolute Gasteiger partial charge is 0.321 e. The van der Waals surface area contributed by atoms with E-state index in [4.69, 9.17) is 5.11 Å². The van der Waals surface area contributed by atoms with Crippen molar-refractivity contribution in [1.29, 1.82) is 0 Å². The lowest BCUT2D eigenvalue weighted by molar-refractivity contribution is -0.139. The highest BCUT2D eigenvalue weighted by Gasteiger charge is 2.20. The number of Topliss-reactive ketones (excluding diaryl/α,β-unsaturated/α-hetero) is 1. The van der Waals surface area contributed by atoms with Crippen molar-refractivity contribution in [2.75, 3.05) is 6.54 Å². The van der Waals surface area contributed by atoms with Crippen molar-refractivity contribution in [3.63, 3.8) is 0 Å². The number of hydrogen-bond donors (Lipinski definition) is 2. The molecule has 1 rings (SSSR count). The molecule has 1 atom stereocenters. The quantitative estimate of drug-likeness (QED) is 0.569. The second kappa shape index (κ2) is 6.71. The van der Waals surface area contributed by atoms with Crippen molar-refractivity contribution in [3.8, 4) is 0 Å². The molecule has 0 amide bonds. The first-order valence-corrected chi connectivity index (χ1v) is 5.71. The summed E-state index contributed by atoms with van der Waals surface area (Å²) in [6.07, 6.45) is 1.50. The van der Waals surface area contributed by atoms with E-state index in [9.17, 15) is 9.59 Å². The lowest BCUT2D eigenvalue weighted by Crippen LogP contribution is -2.38. The molecule has 18 heavy (non-hydrogen) atoms. The fraction of sp³-hybridized carbons (Fsp3) is 0.286. The Hall–Kier alpha value is -1.94. The molecule has 0 aromatic heterocycles. The van der Waals surface area contributed by atoms with Crippen LogP contribution < -0.4 is 5.32 Å². The first-order chi connectivity index (χ1) is 8.54. The van der Waals surface area contributed by atoms with Gasteiger partial charge < -0.3 is 10.4 Å². The Kier molecular flexibility index (Phi) is 5.27. The molecule has 0 fully saturated rings. The normalized spacial score (nSPS) is 11.8. The molecule has 0 spiro atoms. The van der Waals surface area contributed by atoms with Crippen LogP contribution in [0.5, 0.6) is 0 Å². The van der Waals surface area contributed by atoms with Crippen LogP contribution in [-0.4, -0.2) is 29.4 Å². The zero-order valence-corrected chi connectivity index (χ0v) is 10.3. The van der Waals surface area contributed by atoms with Crippen LogP contribution in [0.3, 0.4) is 0 Å². The molecule has 2 N–H and O–H groups in total. The van der Waals surface area contributed by atoms with Crippen molar-refractivity contribution in [2.45, 2.75) is 19.4 Å². The van der Waals surface area contributed by atoms with Gasteiger partial charge in [0, 0.05) is 18.5 Å². The number of carbonyl (C=O) groups is 2. The van der Waals surface area contributed by atoms with Crippen LogP contribution in [0.2, 0.25) is 0 Å². The first-order valence-electron chi connectivity index (χ1n) is 5.71. The number of nitrogens with one attached hydrogen (secondary N) is 1. The summed E-state index contributed by atoms with van der Waals surface area (Å²) in [7, 11) is 0. The minimum Gasteiger partial charge on any atom is -0.480 e. The molecule has 0 aliphatic carbocycles. The largest absolute Gasteiger partial charge is 0.480 e. The van der Waals surface area contributed by atoms with Crippen LogP contribution in [0.25, 0.3) is 0 Å². The summed E-state index contributed by atoms with van der Waals surface area (Å²) in [6, 6.07) is 6.21. The monoisotopic (exact) mass is 247 g/mol. The lowest BCUT2D eigenvalue weighted by Gasteiger charge is -2.12. The molecule has 1 unspecified atom stereocenters. The van der Waals surface area contributed by atoms with Gasteiger partial charge in [0.25, 0.3) is 0 Å². The average molecular weight is 247 g/mol. The minimum atomic E-state index is -1.03. The highest BCUT2D eigenvalue weighted by molar-refractivity contribution is 5.98. The van der Waals surface area contributed by atoms with Crippen LogP contribution in [0.4, 0.5) is 0 Å². The van der Waals surface area contributed by atoms with E-state index in [0.717, 1.165) is 5.56 Å². The summed E-state index contributed by atoms with van der Waals surface area (Å²) < 4.78 is 0. The predicted octanol–water partition coefficient (Wildman–Crippen LogP) is 1.80. The highest BCUT2D eigenvalue weighted by Crippen LogP contribution is 2.08. The van der Waals surface area contributed by atoms with Crippen LogP contribution in [-0.2, 0) is 4.79 Å². The minimum absolute atomic E-state index is 0.0633. The number of hydrogen-bond acceptors (Lipinski definition) is 3. The number of rotatable bonds is 7. The second-order valence-electron chi connectivity index (χ2n) is 4.08. The number of benzene rings is 1. The molecule has 1 aromatic rings. The number of aryl methyl sites for hydroxylation is 1. The molecule has 4 heteroatoms. The van der Waals surface area contributed by atoms with Gasteiger partial charge in [-0.25, -0.2) is 0 Å². The van der Waals surface area contributed by atoms with Crippen molar-refractivity contribution in [1.82, 2.24) is 5.32 Å². The fourth-order valence-electron chi connectivity index (χ4n) is 1.52. The van der Waals surface area contributed by atoms with Gasteiger partial charge in [-0.2, -0.15) is 0 Å². The number of aliphatic carboxylic acids is 1. The molecule has 1 aromatic carbocycles. The Bertz CT molecular complexity index is 437. The van der Waals surface area contributed by atoms with Gasteiger partial charge in [-0.1, -0.05) is 35.9 Å². The number of carboxylic acids is 1. The van der Waals surface area contributed by atoms with E-state index in [-0.39, 0.29) is 12.2 Å². The van der Waals surface area contributed by atoms with Crippen LogP contribution >= 0.6 is 0 Å². The van der Waals surface area contributed by atoms with Crippen LogP contribution in [0, 0.1) is 6.92 Å². The zero-order valence-electron chi connectivity index (χ0n) is 10.3. The van der Waals surface area contributed by atoms with E-state index in [0.29, 0.717) is 12.1 Å². The topological polar surface area (TPSA) is 66.4 Å². The lowest BCUT2D eigenvalue weighted by atomic mass is 10.0. The third kappa shape index (κ3) is 4.14. The summed E-state index contributed by atoms with van der Waals surface area (Å²) in [5, 5.41) is 11.7. The van der Waals surface area contributed by atoms with Crippen molar-refractivity contribution >= 4 is 11.8 Å². The standard InChI is InChI=1S/C14H17NO3/c1-3-8-15-12(14(17)18)9-13(16)11-6-4-10(2)5-7-11/h3-7,12,15H,1,8-9H2,2H3,(H,17,18). The van der Waals surface area contributed by atoms with Gasteiger partial charge in [0.1, 0.15) is 6.04 Å². The Morgan fingerprint density at radius 3 is 2.50 bits per heavy atom. The molecule has 0 radical (unpaired) electrons. The number of carbonyl (C=O) groups excluding carboxylic acids is 1. The highest BCUT2D eigenvalue weighted by atomic mass is 16.4. The van der Waals surface area contributed by atoms with Gasteiger partial charge in [-0.15, -0.1) is 6.58 Å². The molecule has 0 saturated heterocycles. The fourth-order valence-corrected chi connectivity index (χ4v) is 1.52. The first kappa shape index (κ1) is 14.1. The molecule has 0 bridgehead atoms. The summed E-state index contributed by atoms with van der Waals surface area (Å²) in [5.74, 6) is -1.21. The third-order valence-corrected chi connectivity index (χ3v) is 2.57. The molecule has 0 aliphatic rings. The average Bonchev–Trinajstić information content (AvgIpc) is 2.34. The molecule has 96 valence electrons. The maximum Gasteiger partial charge on any atom is 0.321 e. The Balaban J connectivity index is 2.68. The molecule has 0 saturated carbocycles. The molecule has 4 nitrogen and oxygen atoms in total. The van der Waals surface area contributed by atoms with Crippen LogP contribution in [0.1, 0.15) is 22.3 Å². The molecular formula is C14H17NO3. The van der Waals surface area contributed by atoms with E-state index < -0.39 is 12.0 Å². The van der Waals surface area contributed by atoms with Crippen molar-refractivity contribution in [3.05, 3.63) is 48.0 Å². The molecule has 0 aliphatic heterocycles. The SMILES string of the molecule is C=CCNC(CC(=O)c1ccc(C)cc1)C(=O)O. The van der Waals surface area contributed by atoms with Gasteiger partial charge in [0.15, 0.2) is 5.78 Å². The molecule has 0 heterocycles. The van der Waals surface area contributed by atoms with E-state index in [1.807, 2.05) is 19.1 Å². The predicted molar refractivity (Wildman–Crippen MR) is 69.8 cm³/mol. The maximum absolute atomic E-state index is 11.9. The number of ketones is 1. The van der Waals surface area contributed by atoms with Gasteiger partial charge >= 0.3 is 5.97 Å². The second-order valence-corrected chi connectivity index (χ2v) is 4.08. The van der Waals surface area contributed by atoms with Crippen molar-refractivity contribution in [2.24, 2.45) is 0 Å². The number of carboxylic acid groups (broad SMARTS) is 1. The Morgan fingerprint density at radius 2 is 2.00 bits per heavy atom. The van der Waals surface area contributed by atoms with E-state index in [2.05, 4.69) is 11.9 Å². The van der Waals surface area contributed by atoms with Gasteiger partial charge in [0.05, 0.1) is 0 Å². The Morgan fingerprint density at radius 1 is 1.39 bits per heavy atom. The van der Waals surface area contributed by atoms with E-state index >= 15 is 0 Å². The van der Waals surface area contributed by atoms with Crippen molar-refractivity contribution < 1.29 is 14.7 Å². The van der Waals surface area contributed by atoms with Crippen LogP contribution in [0.15, 0.2) is 36.9 Å². The zero-order chi connectivity index (χ0) is 13.5. The maximum atomic E-state index is 11.9. The summed E-state index contributed by atoms with van der Waals surface area (Å²) >= 11 is 0.